The van der Waals surface area contributed by atoms with E-state index in [2.05, 4.69) is 0 Å². The lowest BCUT2D eigenvalue weighted by Gasteiger charge is -2.12. The molecule has 0 aliphatic carbocycles. The van der Waals surface area contributed by atoms with Crippen LogP contribution in [0.4, 0.5) is 5.69 Å². The van der Waals surface area contributed by atoms with Crippen molar-refractivity contribution in [2.24, 2.45) is 0 Å². The van der Waals surface area contributed by atoms with Gasteiger partial charge in [0.1, 0.15) is 5.75 Å². The summed E-state index contributed by atoms with van der Waals surface area (Å²) in [6.07, 6.45) is -0.778. The van der Waals surface area contributed by atoms with Gasteiger partial charge in [-0.25, -0.2) is 0 Å². The quantitative estimate of drug-likeness (QED) is 0.503. The van der Waals surface area contributed by atoms with Crippen molar-refractivity contribution in [1.82, 2.24) is 0 Å². The lowest BCUT2D eigenvalue weighted by Crippen LogP contribution is -2.01. The van der Waals surface area contributed by atoms with Crippen molar-refractivity contribution in [3.63, 3.8) is 0 Å². The highest BCUT2D eigenvalue weighted by atomic mass is 32.2. The third-order valence-electron chi connectivity index (χ3n) is 2.93. The molecule has 1 unspecified atom stereocenters. The van der Waals surface area contributed by atoms with E-state index in [0.717, 1.165) is 10.6 Å². The third kappa shape index (κ3) is 3.96. The fourth-order valence-corrected chi connectivity index (χ4v) is 2.85. The van der Waals surface area contributed by atoms with E-state index < -0.39 is 11.0 Å². The SMILES string of the molecule is COc1ccccc1SCC(O)c1cccc([N+](=O)[O-])c1. The van der Waals surface area contributed by atoms with E-state index in [1.165, 1.54) is 23.9 Å². The molecule has 0 aromatic heterocycles. The lowest BCUT2D eigenvalue weighted by atomic mass is 10.1. The first-order valence-corrected chi connectivity index (χ1v) is 7.28. The van der Waals surface area contributed by atoms with Crippen LogP contribution < -0.4 is 4.74 Å². The predicted molar refractivity (Wildman–Crippen MR) is 81.8 cm³/mol. The standard InChI is InChI=1S/C15H15NO4S/c1-20-14-7-2-3-8-15(14)21-10-13(17)11-5-4-6-12(9-11)16(18)19/h2-9,13,17H,10H2,1H3. The summed E-state index contributed by atoms with van der Waals surface area (Å²) in [6.45, 7) is 0. The van der Waals surface area contributed by atoms with Gasteiger partial charge in [0, 0.05) is 22.8 Å². The number of rotatable bonds is 6. The molecule has 0 aliphatic heterocycles. The Morgan fingerprint density at radius 3 is 2.76 bits per heavy atom. The van der Waals surface area contributed by atoms with Gasteiger partial charge in [0.2, 0.25) is 0 Å². The highest BCUT2D eigenvalue weighted by molar-refractivity contribution is 7.99. The second kappa shape index (κ2) is 7.10. The normalized spacial score (nSPS) is 11.9. The van der Waals surface area contributed by atoms with Crippen LogP contribution in [0.15, 0.2) is 53.4 Å². The number of aliphatic hydroxyl groups excluding tert-OH is 1. The molecule has 2 aromatic rings. The van der Waals surface area contributed by atoms with E-state index in [4.69, 9.17) is 4.74 Å². The molecule has 21 heavy (non-hydrogen) atoms. The summed E-state index contributed by atoms with van der Waals surface area (Å²) < 4.78 is 5.24. The maximum absolute atomic E-state index is 10.7. The number of nitro groups is 1. The predicted octanol–water partition coefficient (Wildman–Crippen LogP) is 3.43. The summed E-state index contributed by atoms with van der Waals surface area (Å²) in [6, 6.07) is 13.6. The highest BCUT2D eigenvalue weighted by Crippen LogP contribution is 2.32. The molecule has 0 aliphatic rings. The van der Waals surface area contributed by atoms with Gasteiger partial charge >= 0.3 is 0 Å². The van der Waals surface area contributed by atoms with Crippen LogP contribution in [-0.4, -0.2) is 22.9 Å². The second-order valence-corrected chi connectivity index (χ2v) is 5.39. The molecule has 0 radical (unpaired) electrons. The second-order valence-electron chi connectivity index (χ2n) is 4.33. The Morgan fingerprint density at radius 2 is 2.05 bits per heavy atom. The average Bonchev–Trinajstić information content (AvgIpc) is 2.52. The lowest BCUT2D eigenvalue weighted by molar-refractivity contribution is -0.385. The minimum atomic E-state index is -0.778. The van der Waals surface area contributed by atoms with Crippen molar-refractivity contribution < 1.29 is 14.8 Å². The van der Waals surface area contributed by atoms with Gasteiger partial charge in [0.05, 0.1) is 18.1 Å². The average molecular weight is 305 g/mol. The zero-order chi connectivity index (χ0) is 15.2. The topological polar surface area (TPSA) is 72.6 Å². The van der Waals surface area contributed by atoms with Crippen LogP contribution in [0.2, 0.25) is 0 Å². The molecule has 5 nitrogen and oxygen atoms in total. The third-order valence-corrected chi connectivity index (χ3v) is 4.06. The summed E-state index contributed by atoms with van der Waals surface area (Å²) in [7, 11) is 1.59. The maximum Gasteiger partial charge on any atom is 0.269 e. The van der Waals surface area contributed by atoms with Crippen molar-refractivity contribution in [1.29, 1.82) is 0 Å². The fraction of sp³-hybridized carbons (Fsp3) is 0.200. The number of hydrogen-bond acceptors (Lipinski definition) is 5. The molecular formula is C15H15NO4S. The van der Waals surface area contributed by atoms with E-state index in [9.17, 15) is 15.2 Å². The Hall–Kier alpha value is -2.05. The van der Waals surface area contributed by atoms with Crippen LogP contribution in [0, 0.1) is 10.1 Å². The number of hydrogen-bond donors (Lipinski definition) is 1. The van der Waals surface area contributed by atoms with Crippen molar-refractivity contribution >= 4 is 17.4 Å². The number of benzene rings is 2. The molecule has 2 aromatic carbocycles. The van der Waals surface area contributed by atoms with Gasteiger partial charge in [0.25, 0.3) is 5.69 Å². The van der Waals surface area contributed by atoms with E-state index in [1.807, 2.05) is 24.3 Å². The number of ether oxygens (including phenoxy) is 1. The zero-order valence-corrected chi connectivity index (χ0v) is 12.2. The molecule has 110 valence electrons. The number of methoxy groups -OCH3 is 1. The largest absolute Gasteiger partial charge is 0.496 e. The van der Waals surface area contributed by atoms with E-state index in [-0.39, 0.29) is 5.69 Å². The molecule has 0 spiro atoms. The number of nitro benzene ring substituents is 1. The zero-order valence-electron chi connectivity index (χ0n) is 11.4. The van der Waals surface area contributed by atoms with Gasteiger partial charge in [-0.1, -0.05) is 24.3 Å². The van der Waals surface area contributed by atoms with Gasteiger partial charge in [-0.3, -0.25) is 10.1 Å². The Bertz CT molecular complexity index is 633. The first kappa shape index (κ1) is 15.3. The highest BCUT2D eigenvalue weighted by Gasteiger charge is 2.13. The summed E-state index contributed by atoms with van der Waals surface area (Å²) in [5.74, 6) is 1.13. The molecule has 0 fully saturated rings. The molecule has 1 N–H and O–H groups in total. The number of non-ortho nitro benzene ring substituents is 1. The van der Waals surface area contributed by atoms with E-state index in [0.29, 0.717) is 11.3 Å². The molecular weight excluding hydrogens is 290 g/mol. The van der Waals surface area contributed by atoms with Crippen LogP contribution in [0.5, 0.6) is 5.75 Å². The first-order chi connectivity index (χ1) is 10.1. The molecule has 1 atom stereocenters. The molecule has 6 heteroatoms. The smallest absolute Gasteiger partial charge is 0.269 e. The van der Waals surface area contributed by atoms with Gasteiger partial charge < -0.3 is 9.84 Å². The molecule has 0 bridgehead atoms. The van der Waals surface area contributed by atoms with Gasteiger partial charge in [-0.2, -0.15) is 0 Å². The van der Waals surface area contributed by atoms with E-state index in [1.54, 1.807) is 19.2 Å². The van der Waals surface area contributed by atoms with Gasteiger partial charge in [-0.05, 0) is 17.7 Å². The van der Waals surface area contributed by atoms with Crippen molar-refractivity contribution in [3.05, 3.63) is 64.2 Å². The minimum Gasteiger partial charge on any atom is -0.496 e. The monoisotopic (exact) mass is 305 g/mol. The summed E-state index contributed by atoms with van der Waals surface area (Å²) >= 11 is 1.44. The van der Waals surface area contributed by atoms with Crippen LogP contribution in [-0.2, 0) is 0 Å². The number of para-hydroxylation sites is 1. The van der Waals surface area contributed by atoms with Crippen LogP contribution in [0.25, 0.3) is 0 Å². The van der Waals surface area contributed by atoms with Crippen molar-refractivity contribution in [3.8, 4) is 5.75 Å². The Morgan fingerprint density at radius 1 is 1.29 bits per heavy atom. The minimum absolute atomic E-state index is 0.0196. The molecule has 0 saturated heterocycles. The summed E-state index contributed by atoms with van der Waals surface area (Å²) in [4.78, 5) is 11.2. The van der Waals surface area contributed by atoms with Crippen LogP contribution in [0.1, 0.15) is 11.7 Å². The maximum atomic E-state index is 10.7. The fourth-order valence-electron chi connectivity index (χ4n) is 1.85. The van der Waals surface area contributed by atoms with Crippen molar-refractivity contribution in [2.75, 3.05) is 12.9 Å². The molecule has 2 rings (SSSR count). The molecule has 0 amide bonds. The Balaban J connectivity index is 2.06. The van der Waals surface area contributed by atoms with Gasteiger partial charge in [0.15, 0.2) is 0 Å². The number of aliphatic hydroxyl groups is 1. The Labute approximate surface area is 126 Å². The molecule has 0 saturated carbocycles. The Kier molecular flexibility index (Phi) is 5.19. The molecule has 0 heterocycles. The van der Waals surface area contributed by atoms with Crippen LogP contribution in [0.3, 0.4) is 0 Å². The van der Waals surface area contributed by atoms with Gasteiger partial charge in [-0.15, -0.1) is 11.8 Å². The van der Waals surface area contributed by atoms with E-state index >= 15 is 0 Å². The number of nitrogens with zero attached hydrogens (tertiary/aromatic N) is 1. The summed E-state index contributed by atoms with van der Waals surface area (Å²) in [5, 5.41) is 20.9. The van der Waals surface area contributed by atoms with Crippen molar-refractivity contribution in [2.45, 2.75) is 11.0 Å². The van der Waals surface area contributed by atoms with Crippen LogP contribution >= 0.6 is 11.8 Å². The number of thioether (sulfide) groups is 1. The summed E-state index contributed by atoms with van der Waals surface area (Å²) in [5.41, 5.74) is 0.514. The first-order valence-electron chi connectivity index (χ1n) is 6.30.